The molecule has 1 saturated heterocycles. The lowest BCUT2D eigenvalue weighted by Crippen LogP contribution is -2.39. The lowest BCUT2D eigenvalue weighted by Gasteiger charge is -2.27. The SMILES string of the molecule is C/C=N/N(C)CCN1CCOCC1. The predicted molar refractivity (Wildman–Crippen MR) is 54.1 cm³/mol. The van der Waals surface area contributed by atoms with E-state index in [0.29, 0.717) is 0 Å². The Kier molecular flexibility index (Phi) is 4.78. The van der Waals surface area contributed by atoms with Gasteiger partial charge in [-0.3, -0.25) is 9.91 Å². The zero-order valence-corrected chi connectivity index (χ0v) is 8.57. The first-order valence-electron chi connectivity index (χ1n) is 4.83. The maximum absolute atomic E-state index is 5.27. The first-order chi connectivity index (χ1) is 6.33. The Morgan fingerprint density at radius 1 is 1.46 bits per heavy atom. The minimum atomic E-state index is 0.876. The van der Waals surface area contributed by atoms with Crippen molar-refractivity contribution in [2.45, 2.75) is 6.92 Å². The number of hydrogen-bond acceptors (Lipinski definition) is 4. The van der Waals surface area contributed by atoms with Crippen LogP contribution in [0.5, 0.6) is 0 Å². The first kappa shape index (κ1) is 10.5. The third kappa shape index (κ3) is 4.24. The monoisotopic (exact) mass is 185 g/mol. The molecule has 0 aliphatic carbocycles. The van der Waals surface area contributed by atoms with E-state index in [2.05, 4.69) is 10.0 Å². The maximum Gasteiger partial charge on any atom is 0.0594 e. The van der Waals surface area contributed by atoms with Gasteiger partial charge in [0.1, 0.15) is 0 Å². The number of hydrazone groups is 1. The molecule has 0 amide bonds. The van der Waals surface area contributed by atoms with Crippen LogP contribution in [0.1, 0.15) is 6.92 Å². The molecule has 0 aromatic rings. The number of morpholine rings is 1. The Morgan fingerprint density at radius 3 is 2.77 bits per heavy atom. The molecule has 0 radical (unpaired) electrons. The predicted octanol–water partition coefficient (Wildman–Crippen LogP) is 0.256. The molecule has 0 bridgehead atoms. The van der Waals surface area contributed by atoms with Gasteiger partial charge in [-0.1, -0.05) is 0 Å². The Balaban J connectivity index is 2.09. The summed E-state index contributed by atoms with van der Waals surface area (Å²) in [6, 6.07) is 0. The summed E-state index contributed by atoms with van der Waals surface area (Å²) < 4.78 is 5.27. The molecule has 1 aliphatic rings. The smallest absolute Gasteiger partial charge is 0.0594 e. The fourth-order valence-corrected chi connectivity index (χ4v) is 1.37. The average molecular weight is 185 g/mol. The molecule has 1 aliphatic heterocycles. The Labute approximate surface area is 80.2 Å². The molecular weight excluding hydrogens is 166 g/mol. The molecule has 0 saturated carbocycles. The van der Waals surface area contributed by atoms with E-state index >= 15 is 0 Å². The molecule has 1 heterocycles. The average Bonchev–Trinajstić information content (AvgIpc) is 2.17. The van der Waals surface area contributed by atoms with Crippen molar-refractivity contribution in [2.24, 2.45) is 5.10 Å². The second kappa shape index (κ2) is 5.94. The topological polar surface area (TPSA) is 28.1 Å². The standard InChI is InChI=1S/C9H19N3O/c1-3-10-11(2)4-5-12-6-8-13-9-7-12/h3H,4-9H2,1-2H3/b10-3+. The molecule has 0 atom stereocenters. The molecular formula is C9H19N3O. The van der Waals surface area contributed by atoms with Gasteiger partial charge in [0.05, 0.1) is 13.2 Å². The van der Waals surface area contributed by atoms with Gasteiger partial charge in [0.15, 0.2) is 0 Å². The van der Waals surface area contributed by atoms with Crippen LogP contribution in [-0.2, 0) is 4.74 Å². The van der Waals surface area contributed by atoms with Crippen LogP contribution in [0.3, 0.4) is 0 Å². The van der Waals surface area contributed by atoms with Gasteiger partial charge in [-0.2, -0.15) is 5.10 Å². The minimum Gasteiger partial charge on any atom is -0.379 e. The number of ether oxygens (including phenoxy) is 1. The fraction of sp³-hybridized carbons (Fsp3) is 0.889. The van der Waals surface area contributed by atoms with E-state index in [0.717, 1.165) is 39.4 Å². The Morgan fingerprint density at radius 2 is 2.15 bits per heavy atom. The molecule has 0 spiro atoms. The van der Waals surface area contributed by atoms with Crippen LogP contribution in [0.4, 0.5) is 0 Å². The number of rotatable bonds is 4. The van der Waals surface area contributed by atoms with Gasteiger partial charge in [0, 0.05) is 39.4 Å². The fourth-order valence-electron chi connectivity index (χ4n) is 1.37. The van der Waals surface area contributed by atoms with Crippen molar-refractivity contribution >= 4 is 6.21 Å². The number of nitrogens with zero attached hydrogens (tertiary/aromatic N) is 3. The van der Waals surface area contributed by atoms with Crippen molar-refractivity contribution in [3.63, 3.8) is 0 Å². The van der Waals surface area contributed by atoms with Crippen LogP contribution in [0, 0.1) is 0 Å². The number of hydrogen-bond donors (Lipinski definition) is 0. The molecule has 1 rings (SSSR count). The van der Waals surface area contributed by atoms with Gasteiger partial charge in [0.2, 0.25) is 0 Å². The van der Waals surface area contributed by atoms with Crippen molar-refractivity contribution in [3.05, 3.63) is 0 Å². The highest BCUT2D eigenvalue weighted by molar-refractivity contribution is 5.52. The molecule has 0 N–H and O–H groups in total. The van der Waals surface area contributed by atoms with E-state index in [-0.39, 0.29) is 0 Å². The van der Waals surface area contributed by atoms with Gasteiger partial charge >= 0.3 is 0 Å². The van der Waals surface area contributed by atoms with Crippen molar-refractivity contribution in [2.75, 3.05) is 46.4 Å². The quantitative estimate of drug-likeness (QED) is 0.464. The van der Waals surface area contributed by atoms with Crippen LogP contribution in [0.2, 0.25) is 0 Å². The van der Waals surface area contributed by atoms with Crippen LogP contribution in [0.25, 0.3) is 0 Å². The Bertz CT molecular complexity index is 155. The summed E-state index contributed by atoms with van der Waals surface area (Å²) >= 11 is 0. The molecule has 4 heteroatoms. The van der Waals surface area contributed by atoms with E-state index in [1.807, 2.05) is 25.2 Å². The highest BCUT2D eigenvalue weighted by Crippen LogP contribution is 1.96. The van der Waals surface area contributed by atoms with Crippen LogP contribution in [0.15, 0.2) is 5.10 Å². The third-order valence-corrected chi connectivity index (χ3v) is 2.16. The molecule has 0 aromatic heterocycles. The van der Waals surface area contributed by atoms with Crippen molar-refractivity contribution in [1.29, 1.82) is 0 Å². The van der Waals surface area contributed by atoms with Gasteiger partial charge in [-0.05, 0) is 6.92 Å². The summed E-state index contributed by atoms with van der Waals surface area (Å²) in [6.45, 7) is 7.88. The largest absolute Gasteiger partial charge is 0.379 e. The van der Waals surface area contributed by atoms with E-state index in [9.17, 15) is 0 Å². The highest BCUT2D eigenvalue weighted by atomic mass is 16.5. The maximum atomic E-state index is 5.27. The van der Waals surface area contributed by atoms with Crippen molar-refractivity contribution < 1.29 is 4.74 Å². The third-order valence-electron chi connectivity index (χ3n) is 2.16. The summed E-state index contributed by atoms with van der Waals surface area (Å²) in [6.07, 6.45) is 1.82. The first-order valence-corrected chi connectivity index (χ1v) is 4.83. The lowest BCUT2D eigenvalue weighted by atomic mass is 10.4. The van der Waals surface area contributed by atoms with Gasteiger partial charge in [-0.15, -0.1) is 0 Å². The minimum absolute atomic E-state index is 0.876. The second-order valence-electron chi connectivity index (χ2n) is 3.21. The summed E-state index contributed by atoms with van der Waals surface area (Å²) in [5.41, 5.74) is 0. The zero-order valence-electron chi connectivity index (χ0n) is 8.57. The molecule has 0 aromatic carbocycles. The van der Waals surface area contributed by atoms with Crippen LogP contribution >= 0.6 is 0 Å². The lowest BCUT2D eigenvalue weighted by molar-refractivity contribution is 0.0346. The van der Waals surface area contributed by atoms with E-state index in [1.165, 1.54) is 0 Å². The van der Waals surface area contributed by atoms with E-state index in [1.54, 1.807) is 0 Å². The number of likely N-dealkylation sites (N-methyl/N-ethyl adjacent to an activating group) is 1. The molecule has 4 nitrogen and oxygen atoms in total. The molecule has 1 fully saturated rings. The van der Waals surface area contributed by atoms with Gasteiger partial charge < -0.3 is 4.74 Å². The van der Waals surface area contributed by atoms with Gasteiger partial charge in [0.25, 0.3) is 0 Å². The van der Waals surface area contributed by atoms with E-state index < -0.39 is 0 Å². The highest BCUT2D eigenvalue weighted by Gasteiger charge is 2.09. The summed E-state index contributed by atoms with van der Waals surface area (Å²) in [4.78, 5) is 2.41. The van der Waals surface area contributed by atoms with Crippen molar-refractivity contribution in [1.82, 2.24) is 9.91 Å². The summed E-state index contributed by atoms with van der Waals surface area (Å²) in [5.74, 6) is 0. The molecule has 13 heavy (non-hydrogen) atoms. The zero-order chi connectivity index (χ0) is 9.52. The van der Waals surface area contributed by atoms with E-state index in [4.69, 9.17) is 4.74 Å². The molecule has 76 valence electrons. The van der Waals surface area contributed by atoms with Crippen LogP contribution < -0.4 is 0 Å². The normalized spacial score (nSPS) is 19.5. The van der Waals surface area contributed by atoms with Gasteiger partial charge in [-0.25, -0.2) is 0 Å². The molecule has 0 unspecified atom stereocenters. The summed E-state index contributed by atoms with van der Waals surface area (Å²) in [7, 11) is 2.00. The summed E-state index contributed by atoms with van der Waals surface area (Å²) in [5, 5.41) is 6.13. The van der Waals surface area contributed by atoms with Crippen LogP contribution in [-0.4, -0.2) is 62.6 Å². The van der Waals surface area contributed by atoms with Crippen molar-refractivity contribution in [3.8, 4) is 0 Å². The second-order valence-corrected chi connectivity index (χ2v) is 3.21. The Hall–Kier alpha value is -0.610.